The van der Waals surface area contributed by atoms with Gasteiger partial charge in [-0.15, -0.1) is 0 Å². The molecule has 0 radical (unpaired) electrons. The van der Waals surface area contributed by atoms with Gasteiger partial charge in [-0.25, -0.2) is 8.42 Å². The summed E-state index contributed by atoms with van der Waals surface area (Å²) in [4.78, 5) is 23.7. The Morgan fingerprint density at radius 2 is 1.58 bits per heavy atom. The van der Waals surface area contributed by atoms with Crippen LogP contribution in [0.5, 0.6) is 0 Å². The fraction of sp³-hybridized carbons (Fsp3) is 0.143. The van der Waals surface area contributed by atoms with Gasteiger partial charge in [-0.2, -0.15) is 0 Å². The summed E-state index contributed by atoms with van der Waals surface area (Å²) < 4.78 is 32.3. The van der Waals surface area contributed by atoms with Gasteiger partial charge < -0.3 is 10.1 Å². The summed E-state index contributed by atoms with van der Waals surface area (Å²) in [6.07, 6.45) is 0. The van der Waals surface area contributed by atoms with Crippen molar-refractivity contribution in [1.29, 1.82) is 0 Å². The highest BCUT2D eigenvalue weighted by Gasteiger charge is 2.28. The highest BCUT2D eigenvalue weighted by atomic mass is 35.5. The molecular formula is C21H18Cl2N2O5S. The van der Waals surface area contributed by atoms with E-state index in [0.29, 0.717) is 10.9 Å². The molecule has 0 unspecified atom stereocenters. The van der Waals surface area contributed by atoms with Crippen LogP contribution >= 0.6 is 23.2 Å². The zero-order chi connectivity index (χ0) is 22.8. The van der Waals surface area contributed by atoms with Crippen LogP contribution in [-0.4, -0.2) is 41.0 Å². The second kappa shape index (κ2) is 9.13. The highest BCUT2D eigenvalue weighted by molar-refractivity contribution is 7.92. The number of esters is 1. The van der Waals surface area contributed by atoms with Crippen molar-refractivity contribution >= 4 is 61.6 Å². The van der Waals surface area contributed by atoms with Crippen molar-refractivity contribution in [1.82, 2.24) is 5.32 Å². The molecule has 0 atom stereocenters. The lowest BCUT2D eigenvalue weighted by Gasteiger charge is -2.24. The van der Waals surface area contributed by atoms with Gasteiger partial charge in [-0.1, -0.05) is 35.3 Å². The molecule has 31 heavy (non-hydrogen) atoms. The molecule has 3 rings (SSSR count). The number of nitrogens with one attached hydrogen (secondary N) is 1. The molecule has 0 aliphatic heterocycles. The number of halogens is 2. The molecule has 7 nitrogen and oxygen atoms in total. The van der Waals surface area contributed by atoms with Gasteiger partial charge in [0.2, 0.25) is 0 Å². The zero-order valence-electron chi connectivity index (χ0n) is 16.6. The summed E-state index contributed by atoms with van der Waals surface area (Å²) in [7, 11) is -1.49. The number of sulfonamides is 1. The first-order valence-corrected chi connectivity index (χ1v) is 11.2. The number of benzene rings is 3. The topological polar surface area (TPSA) is 92.8 Å². The van der Waals surface area contributed by atoms with Gasteiger partial charge in [0.1, 0.15) is 6.54 Å². The molecule has 3 aromatic rings. The monoisotopic (exact) mass is 480 g/mol. The van der Waals surface area contributed by atoms with Gasteiger partial charge in [-0.05, 0) is 53.2 Å². The van der Waals surface area contributed by atoms with Crippen molar-refractivity contribution in [2.45, 2.75) is 4.90 Å². The Bertz CT molecular complexity index is 1260. The smallest absolute Gasteiger partial charge is 0.326 e. The molecule has 1 amide bonds. The van der Waals surface area contributed by atoms with Crippen LogP contribution in [0.2, 0.25) is 10.0 Å². The van der Waals surface area contributed by atoms with Crippen LogP contribution in [0.4, 0.5) is 5.69 Å². The van der Waals surface area contributed by atoms with E-state index in [4.69, 9.17) is 23.2 Å². The van der Waals surface area contributed by atoms with E-state index in [2.05, 4.69) is 10.1 Å². The summed E-state index contributed by atoms with van der Waals surface area (Å²) in [6, 6.07) is 13.7. The van der Waals surface area contributed by atoms with Crippen LogP contribution in [0.3, 0.4) is 0 Å². The minimum atomic E-state index is -4.20. The third-order valence-electron chi connectivity index (χ3n) is 4.53. The maximum Gasteiger partial charge on any atom is 0.326 e. The van der Waals surface area contributed by atoms with Crippen molar-refractivity contribution in [3.05, 3.63) is 70.2 Å². The number of rotatable bonds is 6. The average Bonchev–Trinajstić information content (AvgIpc) is 2.75. The van der Waals surface area contributed by atoms with Gasteiger partial charge in [0, 0.05) is 22.7 Å². The molecule has 0 bridgehead atoms. The van der Waals surface area contributed by atoms with Crippen LogP contribution < -0.4 is 9.62 Å². The van der Waals surface area contributed by atoms with E-state index in [9.17, 15) is 18.0 Å². The summed E-state index contributed by atoms with van der Waals surface area (Å²) in [5, 5.41) is 4.24. The number of ether oxygens (including phenoxy) is 1. The van der Waals surface area contributed by atoms with Crippen molar-refractivity contribution < 1.29 is 22.7 Å². The molecule has 0 saturated carbocycles. The molecule has 0 aliphatic carbocycles. The molecule has 0 heterocycles. The average molecular weight is 481 g/mol. The maximum absolute atomic E-state index is 13.4. The van der Waals surface area contributed by atoms with Crippen LogP contribution in [0.15, 0.2) is 59.5 Å². The van der Waals surface area contributed by atoms with Crippen molar-refractivity contribution in [3.8, 4) is 0 Å². The second-order valence-corrected chi connectivity index (χ2v) is 9.25. The van der Waals surface area contributed by atoms with E-state index in [1.54, 1.807) is 36.4 Å². The molecule has 1 N–H and O–H groups in total. The van der Waals surface area contributed by atoms with E-state index in [-0.39, 0.29) is 26.5 Å². The van der Waals surface area contributed by atoms with Crippen molar-refractivity contribution in [3.63, 3.8) is 0 Å². The maximum atomic E-state index is 13.4. The SMILES string of the molecule is CNC(=O)c1ccc2cc(N(CC(=O)OC)S(=O)(=O)c3cc(Cl)cc(Cl)c3)ccc2c1. The molecule has 3 aromatic carbocycles. The van der Waals surface area contributed by atoms with Crippen molar-refractivity contribution in [2.24, 2.45) is 0 Å². The Labute approximate surface area is 189 Å². The standard InChI is InChI=1S/C21H18Cl2N2O5S/c1-24-21(27)15-4-3-14-8-18(6-5-13(14)7-15)25(12-20(26)30-2)31(28,29)19-10-16(22)9-17(23)11-19/h3-11H,12H2,1-2H3,(H,24,27). The first-order chi connectivity index (χ1) is 14.6. The predicted molar refractivity (Wildman–Crippen MR) is 120 cm³/mol. The first kappa shape index (κ1) is 22.9. The quantitative estimate of drug-likeness (QED) is 0.540. The number of hydrogen-bond donors (Lipinski definition) is 1. The zero-order valence-corrected chi connectivity index (χ0v) is 18.9. The number of nitrogens with zero attached hydrogens (tertiary/aromatic N) is 1. The molecule has 162 valence electrons. The summed E-state index contributed by atoms with van der Waals surface area (Å²) in [6.45, 7) is -0.551. The summed E-state index contributed by atoms with van der Waals surface area (Å²) in [5.41, 5.74) is 0.706. The number of anilines is 1. The third-order valence-corrected chi connectivity index (χ3v) is 6.71. The van der Waals surface area contributed by atoms with Crippen LogP contribution in [0.1, 0.15) is 10.4 Å². The molecule has 10 heteroatoms. The van der Waals surface area contributed by atoms with Gasteiger partial charge in [0.25, 0.3) is 15.9 Å². The summed E-state index contributed by atoms with van der Waals surface area (Å²) in [5.74, 6) is -0.981. The normalized spacial score (nSPS) is 11.2. The Hall–Kier alpha value is -2.81. The van der Waals surface area contributed by atoms with E-state index < -0.39 is 22.5 Å². The largest absolute Gasteiger partial charge is 0.468 e. The molecule has 0 spiro atoms. The number of fused-ring (bicyclic) bond motifs is 1. The van der Waals surface area contributed by atoms with E-state index in [1.165, 1.54) is 32.4 Å². The molecule has 0 aliphatic rings. The summed E-state index contributed by atoms with van der Waals surface area (Å²) >= 11 is 12.0. The van der Waals surface area contributed by atoms with Crippen LogP contribution in [0, 0.1) is 0 Å². The second-order valence-electron chi connectivity index (χ2n) is 6.52. The fourth-order valence-electron chi connectivity index (χ4n) is 2.98. The molecule has 0 aromatic heterocycles. The Kier molecular flexibility index (Phi) is 6.74. The van der Waals surface area contributed by atoms with E-state index in [1.807, 2.05) is 0 Å². The van der Waals surface area contributed by atoms with Gasteiger partial charge in [0.05, 0.1) is 17.7 Å². The lowest BCUT2D eigenvalue weighted by atomic mass is 10.1. The Balaban J connectivity index is 2.12. The Morgan fingerprint density at radius 1 is 0.968 bits per heavy atom. The van der Waals surface area contributed by atoms with Crippen molar-refractivity contribution in [2.75, 3.05) is 25.0 Å². The minimum Gasteiger partial charge on any atom is -0.468 e. The molecular weight excluding hydrogens is 463 g/mol. The van der Waals surface area contributed by atoms with Crippen LogP contribution in [-0.2, 0) is 19.6 Å². The lowest BCUT2D eigenvalue weighted by molar-refractivity contribution is -0.138. The lowest BCUT2D eigenvalue weighted by Crippen LogP contribution is -2.36. The van der Waals surface area contributed by atoms with Gasteiger partial charge in [-0.3, -0.25) is 13.9 Å². The highest BCUT2D eigenvalue weighted by Crippen LogP contribution is 2.30. The third kappa shape index (κ3) is 4.92. The van der Waals surface area contributed by atoms with Gasteiger partial charge in [0.15, 0.2) is 0 Å². The van der Waals surface area contributed by atoms with E-state index in [0.717, 1.165) is 9.69 Å². The number of hydrogen-bond acceptors (Lipinski definition) is 5. The Morgan fingerprint density at radius 3 is 2.19 bits per heavy atom. The number of amides is 1. The first-order valence-electron chi connectivity index (χ1n) is 8.97. The van der Waals surface area contributed by atoms with Gasteiger partial charge >= 0.3 is 5.97 Å². The van der Waals surface area contributed by atoms with Crippen LogP contribution in [0.25, 0.3) is 10.8 Å². The number of carbonyl (C=O) groups is 2. The fourth-order valence-corrected chi connectivity index (χ4v) is 5.10. The molecule has 0 fully saturated rings. The number of methoxy groups -OCH3 is 1. The number of carbonyl (C=O) groups excluding carboxylic acids is 2. The minimum absolute atomic E-state index is 0.143. The predicted octanol–water partition coefficient (Wildman–Crippen LogP) is 3.87. The molecule has 0 saturated heterocycles. The van der Waals surface area contributed by atoms with E-state index >= 15 is 0 Å².